The van der Waals surface area contributed by atoms with Gasteiger partial charge in [-0.15, -0.1) is 6.58 Å². The lowest BCUT2D eigenvalue weighted by molar-refractivity contribution is -0.122. The van der Waals surface area contributed by atoms with Crippen molar-refractivity contribution in [2.45, 2.75) is 0 Å². The van der Waals surface area contributed by atoms with Crippen LogP contribution in [0.1, 0.15) is 5.56 Å². The minimum absolute atomic E-state index is 0.192. The van der Waals surface area contributed by atoms with E-state index in [1.54, 1.807) is 18.2 Å². The van der Waals surface area contributed by atoms with E-state index in [0.29, 0.717) is 27.7 Å². The summed E-state index contributed by atoms with van der Waals surface area (Å²) < 4.78 is 15.8. The molecule has 1 aromatic carbocycles. The zero-order valence-electron chi connectivity index (χ0n) is 13.1. The van der Waals surface area contributed by atoms with Gasteiger partial charge in [-0.05, 0) is 35.5 Å². The molecule has 0 bridgehead atoms. The number of carbonyl (C=O) groups is 2. The van der Waals surface area contributed by atoms with Crippen LogP contribution in [-0.4, -0.2) is 43.9 Å². The molecule has 1 aromatic rings. The molecule has 0 aromatic heterocycles. The molecule has 23 heavy (non-hydrogen) atoms. The maximum absolute atomic E-state index is 12.2. The number of hydrogen-bond acceptors (Lipinski definition) is 6. The fraction of sp³-hybridized carbons (Fsp3) is 0.250. The van der Waals surface area contributed by atoms with E-state index in [0.717, 1.165) is 16.7 Å². The summed E-state index contributed by atoms with van der Waals surface area (Å²) >= 11 is 0.891. The minimum atomic E-state index is -0.339. The molecule has 1 heterocycles. The third-order valence-electron chi connectivity index (χ3n) is 3.17. The number of benzene rings is 1. The monoisotopic (exact) mass is 335 g/mol. The van der Waals surface area contributed by atoms with Crippen molar-refractivity contribution in [2.75, 3.05) is 27.9 Å². The van der Waals surface area contributed by atoms with E-state index in [-0.39, 0.29) is 17.7 Å². The Kier molecular flexibility index (Phi) is 5.33. The highest BCUT2D eigenvalue weighted by atomic mass is 32.2. The van der Waals surface area contributed by atoms with Crippen molar-refractivity contribution in [2.24, 2.45) is 0 Å². The molecule has 2 rings (SSSR count). The van der Waals surface area contributed by atoms with Crippen LogP contribution in [0.2, 0.25) is 0 Å². The van der Waals surface area contributed by atoms with Crippen molar-refractivity contribution in [3.8, 4) is 17.2 Å². The van der Waals surface area contributed by atoms with E-state index in [9.17, 15) is 9.59 Å². The molecular weight excluding hydrogens is 318 g/mol. The third-order valence-corrected chi connectivity index (χ3v) is 4.08. The maximum Gasteiger partial charge on any atom is 0.293 e. The van der Waals surface area contributed by atoms with Crippen LogP contribution in [0.15, 0.2) is 29.7 Å². The smallest absolute Gasteiger partial charge is 0.293 e. The Bertz CT molecular complexity index is 658. The molecular formula is C16H17NO5S. The van der Waals surface area contributed by atoms with Crippen molar-refractivity contribution in [1.29, 1.82) is 0 Å². The highest BCUT2D eigenvalue weighted by Crippen LogP contribution is 2.40. The van der Waals surface area contributed by atoms with Gasteiger partial charge in [-0.25, -0.2) is 0 Å². The summed E-state index contributed by atoms with van der Waals surface area (Å²) in [6.07, 6.45) is 3.14. The van der Waals surface area contributed by atoms with Crippen LogP contribution in [0.5, 0.6) is 17.2 Å². The number of rotatable bonds is 6. The van der Waals surface area contributed by atoms with Crippen LogP contribution in [0.4, 0.5) is 4.79 Å². The lowest BCUT2D eigenvalue weighted by Crippen LogP contribution is -2.27. The largest absolute Gasteiger partial charge is 0.493 e. The van der Waals surface area contributed by atoms with Crippen LogP contribution >= 0.6 is 11.8 Å². The first-order valence-electron chi connectivity index (χ1n) is 6.72. The Morgan fingerprint density at radius 1 is 1.13 bits per heavy atom. The SMILES string of the molecule is C=CCN1C(=O)S/C(=C/c2cc(OC)c(OC)c(OC)c2)C1=O. The quantitative estimate of drug-likeness (QED) is 0.588. The number of carbonyl (C=O) groups excluding carboxylic acids is 2. The Hall–Kier alpha value is -2.41. The fourth-order valence-corrected chi connectivity index (χ4v) is 2.97. The molecule has 2 amide bonds. The predicted molar refractivity (Wildman–Crippen MR) is 89.0 cm³/mol. The number of methoxy groups -OCH3 is 3. The maximum atomic E-state index is 12.2. The molecule has 0 atom stereocenters. The molecule has 7 heteroatoms. The lowest BCUT2D eigenvalue weighted by atomic mass is 10.1. The number of imide groups is 1. The Morgan fingerprint density at radius 2 is 1.74 bits per heavy atom. The second-order valence-electron chi connectivity index (χ2n) is 4.54. The highest BCUT2D eigenvalue weighted by Gasteiger charge is 2.34. The normalized spacial score (nSPS) is 16.0. The summed E-state index contributed by atoms with van der Waals surface area (Å²) in [6, 6.07) is 3.42. The van der Waals surface area contributed by atoms with Crippen molar-refractivity contribution in [3.05, 3.63) is 35.3 Å². The molecule has 122 valence electrons. The highest BCUT2D eigenvalue weighted by molar-refractivity contribution is 8.18. The summed E-state index contributed by atoms with van der Waals surface area (Å²) in [7, 11) is 4.54. The van der Waals surface area contributed by atoms with Gasteiger partial charge in [0.25, 0.3) is 11.1 Å². The first kappa shape index (κ1) is 17.0. The average Bonchev–Trinajstić information content (AvgIpc) is 2.81. The predicted octanol–water partition coefficient (Wildman–Crippen LogP) is 2.93. The van der Waals surface area contributed by atoms with Crippen LogP contribution in [-0.2, 0) is 4.79 Å². The van der Waals surface area contributed by atoms with Gasteiger partial charge in [-0.3, -0.25) is 14.5 Å². The van der Waals surface area contributed by atoms with E-state index in [2.05, 4.69) is 6.58 Å². The summed E-state index contributed by atoms with van der Waals surface area (Å²) in [6.45, 7) is 3.74. The second-order valence-corrected chi connectivity index (χ2v) is 5.53. The number of nitrogens with zero attached hydrogens (tertiary/aromatic N) is 1. The van der Waals surface area contributed by atoms with Crippen LogP contribution in [0.25, 0.3) is 6.08 Å². The van der Waals surface area contributed by atoms with E-state index < -0.39 is 0 Å². The standard InChI is InChI=1S/C16H17NO5S/c1-5-6-17-15(18)13(23-16(17)19)9-10-7-11(20-2)14(22-4)12(8-10)21-3/h5,7-9H,1,6H2,2-4H3/b13-9+. The second kappa shape index (κ2) is 7.23. The van der Waals surface area contributed by atoms with Crippen molar-refractivity contribution in [3.63, 3.8) is 0 Å². The Balaban J connectivity index is 2.41. The van der Waals surface area contributed by atoms with Crippen molar-refractivity contribution in [1.82, 2.24) is 4.90 Å². The number of ether oxygens (including phenoxy) is 3. The molecule has 1 aliphatic heterocycles. The van der Waals surface area contributed by atoms with Crippen LogP contribution < -0.4 is 14.2 Å². The van der Waals surface area contributed by atoms with Crippen molar-refractivity contribution < 1.29 is 23.8 Å². The minimum Gasteiger partial charge on any atom is -0.493 e. The Morgan fingerprint density at radius 3 is 2.22 bits per heavy atom. The summed E-state index contributed by atoms with van der Waals surface area (Å²) in [5.74, 6) is 1.08. The molecule has 0 saturated carbocycles. The average molecular weight is 335 g/mol. The van der Waals surface area contributed by atoms with Gasteiger partial charge in [-0.1, -0.05) is 6.08 Å². The van der Waals surface area contributed by atoms with Crippen molar-refractivity contribution >= 4 is 29.0 Å². The van der Waals surface area contributed by atoms with E-state index >= 15 is 0 Å². The van der Waals surface area contributed by atoms with Crippen LogP contribution in [0.3, 0.4) is 0 Å². The molecule has 0 aliphatic carbocycles. The van der Waals surface area contributed by atoms with Gasteiger partial charge in [-0.2, -0.15) is 0 Å². The number of thioether (sulfide) groups is 1. The topological polar surface area (TPSA) is 65.1 Å². The Labute approximate surface area is 138 Å². The number of hydrogen-bond donors (Lipinski definition) is 0. The first-order valence-corrected chi connectivity index (χ1v) is 7.53. The fourth-order valence-electron chi connectivity index (χ4n) is 2.12. The van der Waals surface area contributed by atoms with Gasteiger partial charge in [0.05, 0.1) is 26.2 Å². The molecule has 0 N–H and O–H groups in total. The molecule has 1 fully saturated rings. The van der Waals surface area contributed by atoms with Gasteiger partial charge >= 0.3 is 0 Å². The van der Waals surface area contributed by atoms with Crippen LogP contribution in [0, 0.1) is 0 Å². The molecule has 0 spiro atoms. The third kappa shape index (κ3) is 3.34. The van der Waals surface area contributed by atoms with Gasteiger partial charge in [0, 0.05) is 6.54 Å². The van der Waals surface area contributed by atoms with Gasteiger partial charge in [0.2, 0.25) is 5.75 Å². The zero-order chi connectivity index (χ0) is 17.0. The van der Waals surface area contributed by atoms with E-state index in [1.807, 2.05) is 0 Å². The summed E-state index contributed by atoms with van der Waals surface area (Å²) in [5, 5.41) is -0.311. The number of amides is 2. The van der Waals surface area contributed by atoms with E-state index in [1.165, 1.54) is 27.4 Å². The van der Waals surface area contributed by atoms with Gasteiger partial charge in [0.15, 0.2) is 11.5 Å². The van der Waals surface area contributed by atoms with Gasteiger partial charge in [0.1, 0.15) is 0 Å². The zero-order valence-corrected chi connectivity index (χ0v) is 13.9. The summed E-state index contributed by atoms with van der Waals surface area (Å²) in [4.78, 5) is 25.5. The molecule has 1 saturated heterocycles. The van der Waals surface area contributed by atoms with E-state index in [4.69, 9.17) is 14.2 Å². The molecule has 0 unspecified atom stereocenters. The summed E-state index contributed by atoms with van der Waals surface area (Å²) in [5.41, 5.74) is 0.670. The molecule has 1 aliphatic rings. The first-order chi connectivity index (χ1) is 11.0. The molecule has 0 radical (unpaired) electrons. The molecule has 6 nitrogen and oxygen atoms in total. The lowest BCUT2D eigenvalue weighted by Gasteiger charge is -2.13. The van der Waals surface area contributed by atoms with Gasteiger partial charge < -0.3 is 14.2 Å².